The van der Waals surface area contributed by atoms with Gasteiger partial charge in [-0.25, -0.2) is 9.37 Å². The summed E-state index contributed by atoms with van der Waals surface area (Å²) < 4.78 is 16.1. The van der Waals surface area contributed by atoms with Crippen LogP contribution in [0.2, 0.25) is 5.02 Å². The van der Waals surface area contributed by atoms with Crippen molar-refractivity contribution < 1.29 is 9.18 Å². The lowest BCUT2D eigenvalue weighted by atomic mass is 9.58. The van der Waals surface area contributed by atoms with Gasteiger partial charge in [0, 0.05) is 36.0 Å². The largest absolute Gasteiger partial charge is 0.352 e. The predicted octanol–water partition coefficient (Wildman–Crippen LogP) is 6.43. The molecule has 0 bridgehead atoms. The van der Waals surface area contributed by atoms with Crippen LogP contribution in [0.3, 0.4) is 0 Å². The van der Waals surface area contributed by atoms with Crippen molar-refractivity contribution in [2.45, 2.75) is 102 Å². The number of rotatable bonds is 7. The molecule has 2 aliphatic carbocycles. The highest BCUT2D eigenvalue weighted by Gasteiger charge is 2.53. The SMILES string of the molecule is CCC(NC(=O)C1NC(c2ccc(F)cc2Cl)CC(Cn2ccnc2)C12CCCCCCC2)C1CC1. The van der Waals surface area contributed by atoms with Gasteiger partial charge >= 0.3 is 0 Å². The number of nitrogens with zero attached hydrogens (tertiary/aromatic N) is 2. The maximum atomic E-state index is 14.1. The van der Waals surface area contributed by atoms with Gasteiger partial charge in [0.1, 0.15) is 5.82 Å². The predicted molar refractivity (Wildman–Crippen MR) is 141 cm³/mol. The number of amides is 1. The highest BCUT2D eigenvalue weighted by molar-refractivity contribution is 6.31. The van der Waals surface area contributed by atoms with E-state index in [-0.39, 0.29) is 41.2 Å². The molecule has 1 spiro atoms. The molecule has 2 saturated carbocycles. The summed E-state index contributed by atoms with van der Waals surface area (Å²) in [5.41, 5.74) is 0.737. The summed E-state index contributed by atoms with van der Waals surface area (Å²) in [5.74, 6) is 0.678. The number of benzene rings is 1. The molecule has 7 heteroatoms. The smallest absolute Gasteiger partial charge is 0.237 e. The second-order valence-electron chi connectivity index (χ2n) is 11.4. The Hall–Kier alpha value is -1.92. The van der Waals surface area contributed by atoms with Gasteiger partial charge in [-0.15, -0.1) is 0 Å². The molecule has 3 aliphatic rings. The normalized spacial score (nSPS) is 27.2. The zero-order valence-corrected chi connectivity index (χ0v) is 22.2. The van der Waals surface area contributed by atoms with E-state index in [1.54, 1.807) is 6.07 Å². The number of hydrogen-bond acceptors (Lipinski definition) is 3. The number of nitrogens with one attached hydrogen (secondary N) is 2. The van der Waals surface area contributed by atoms with Crippen molar-refractivity contribution >= 4 is 17.5 Å². The zero-order chi connectivity index (χ0) is 25.1. The summed E-state index contributed by atoms with van der Waals surface area (Å²) in [6.07, 6.45) is 18.1. The highest BCUT2D eigenvalue weighted by Crippen LogP contribution is 2.52. The van der Waals surface area contributed by atoms with Gasteiger partial charge < -0.3 is 9.88 Å². The fraction of sp³-hybridized carbons (Fsp3) is 0.655. The van der Waals surface area contributed by atoms with Gasteiger partial charge in [-0.2, -0.15) is 0 Å². The molecule has 5 rings (SSSR count). The minimum absolute atomic E-state index is 0.112. The summed E-state index contributed by atoms with van der Waals surface area (Å²) in [5, 5.41) is 7.68. The first-order valence-electron chi connectivity index (χ1n) is 14.0. The van der Waals surface area contributed by atoms with E-state index in [2.05, 4.69) is 27.1 Å². The van der Waals surface area contributed by atoms with Gasteiger partial charge in [0.15, 0.2) is 0 Å². The zero-order valence-electron chi connectivity index (χ0n) is 21.4. The molecule has 4 unspecified atom stereocenters. The quantitative estimate of drug-likeness (QED) is 0.447. The number of halogens is 2. The van der Waals surface area contributed by atoms with Crippen LogP contribution in [0.1, 0.15) is 89.2 Å². The van der Waals surface area contributed by atoms with Crippen molar-refractivity contribution in [3.05, 3.63) is 53.3 Å². The Kier molecular flexibility index (Phi) is 8.02. The number of hydrogen-bond donors (Lipinski definition) is 2. The Bertz CT molecular complexity index is 1020. The number of piperidine rings is 1. The average Bonchev–Trinajstić information content (AvgIpc) is 3.56. The van der Waals surface area contributed by atoms with Crippen molar-refractivity contribution in [2.75, 3.05) is 0 Å². The molecule has 2 N–H and O–H groups in total. The monoisotopic (exact) mass is 514 g/mol. The van der Waals surface area contributed by atoms with Crippen LogP contribution in [-0.4, -0.2) is 27.5 Å². The van der Waals surface area contributed by atoms with Crippen LogP contribution >= 0.6 is 11.6 Å². The third-order valence-electron chi connectivity index (χ3n) is 9.11. The van der Waals surface area contributed by atoms with Crippen LogP contribution in [0.5, 0.6) is 0 Å². The van der Waals surface area contributed by atoms with E-state index in [1.807, 2.05) is 18.7 Å². The molecule has 196 valence electrons. The van der Waals surface area contributed by atoms with Crippen LogP contribution in [0.15, 0.2) is 36.9 Å². The molecular weight excluding hydrogens is 475 g/mol. The minimum Gasteiger partial charge on any atom is -0.352 e. The molecule has 1 saturated heterocycles. The van der Waals surface area contributed by atoms with E-state index >= 15 is 0 Å². The van der Waals surface area contributed by atoms with Crippen LogP contribution in [0.25, 0.3) is 0 Å². The number of carbonyl (C=O) groups excluding carboxylic acids is 1. The first kappa shape index (κ1) is 25.7. The second kappa shape index (κ2) is 11.2. The maximum Gasteiger partial charge on any atom is 0.237 e. The number of aromatic nitrogens is 2. The van der Waals surface area contributed by atoms with Gasteiger partial charge in [-0.1, -0.05) is 56.7 Å². The molecule has 3 fully saturated rings. The summed E-state index contributed by atoms with van der Waals surface area (Å²) in [7, 11) is 0. The van der Waals surface area contributed by atoms with E-state index < -0.39 is 0 Å². The van der Waals surface area contributed by atoms with E-state index in [0.29, 0.717) is 10.9 Å². The van der Waals surface area contributed by atoms with Crippen LogP contribution in [-0.2, 0) is 11.3 Å². The molecule has 4 atom stereocenters. The number of imidazole rings is 1. The first-order valence-corrected chi connectivity index (χ1v) is 14.3. The molecule has 1 aromatic carbocycles. The van der Waals surface area contributed by atoms with E-state index in [9.17, 15) is 9.18 Å². The van der Waals surface area contributed by atoms with E-state index in [4.69, 9.17) is 11.6 Å². The molecule has 1 aromatic heterocycles. The average molecular weight is 515 g/mol. The summed E-state index contributed by atoms with van der Waals surface area (Å²) in [4.78, 5) is 18.4. The molecule has 1 amide bonds. The Balaban J connectivity index is 1.52. The molecule has 1 aliphatic heterocycles. The van der Waals surface area contributed by atoms with E-state index in [0.717, 1.165) is 50.6 Å². The Morgan fingerprint density at radius 3 is 2.64 bits per heavy atom. The lowest BCUT2D eigenvalue weighted by molar-refractivity contribution is -0.133. The van der Waals surface area contributed by atoms with Crippen molar-refractivity contribution in [3.8, 4) is 0 Å². The van der Waals surface area contributed by atoms with Crippen molar-refractivity contribution in [1.82, 2.24) is 20.2 Å². The first-order chi connectivity index (χ1) is 17.5. The molecular formula is C29H40ClFN4O. The van der Waals surface area contributed by atoms with Gasteiger partial charge in [0.05, 0.1) is 12.4 Å². The van der Waals surface area contributed by atoms with Crippen molar-refractivity contribution in [3.63, 3.8) is 0 Å². The van der Waals surface area contributed by atoms with Crippen LogP contribution < -0.4 is 10.6 Å². The summed E-state index contributed by atoms with van der Waals surface area (Å²) >= 11 is 6.57. The minimum atomic E-state index is -0.337. The molecule has 36 heavy (non-hydrogen) atoms. The Morgan fingerprint density at radius 1 is 1.25 bits per heavy atom. The maximum absolute atomic E-state index is 14.1. The van der Waals surface area contributed by atoms with Gasteiger partial charge in [0.2, 0.25) is 5.91 Å². The molecule has 5 nitrogen and oxygen atoms in total. The van der Waals surface area contributed by atoms with Crippen LogP contribution in [0.4, 0.5) is 4.39 Å². The Morgan fingerprint density at radius 2 is 2.00 bits per heavy atom. The van der Waals surface area contributed by atoms with Crippen molar-refractivity contribution in [2.24, 2.45) is 17.3 Å². The summed E-state index contributed by atoms with van der Waals surface area (Å²) in [6, 6.07) is 4.47. The van der Waals surface area contributed by atoms with E-state index in [1.165, 1.54) is 44.2 Å². The van der Waals surface area contributed by atoms with Gasteiger partial charge in [0.25, 0.3) is 0 Å². The number of carbonyl (C=O) groups is 1. The standard InChI is InChI=1S/C29H40ClFN4O/c1-2-25(20-8-9-20)34-28(36)27-29(12-6-4-3-5-7-13-29)21(18-35-15-14-32-19-35)16-26(33-27)23-11-10-22(31)17-24(23)30/h10-11,14-15,17,19-21,25-27,33H,2-9,12-13,16,18H2,1H3,(H,34,36). The Labute approximate surface area is 219 Å². The third-order valence-corrected chi connectivity index (χ3v) is 9.44. The van der Waals surface area contributed by atoms with Gasteiger partial charge in [-0.05, 0) is 73.5 Å². The van der Waals surface area contributed by atoms with Crippen LogP contribution in [0, 0.1) is 23.1 Å². The topological polar surface area (TPSA) is 59.0 Å². The lowest BCUT2D eigenvalue weighted by Gasteiger charge is -2.53. The third kappa shape index (κ3) is 5.50. The highest BCUT2D eigenvalue weighted by atomic mass is 35.5. The lowest BCUT2D eigenvalue weighted by Crippen LogP contribution is -2.63. The summed E-state index contributed by atoms with van der Waals surface area (Å²) in [6.45, 7) is 2.99. The fourth-order valence-corrected chi connectivity index (χ4v) is 7.31. The van der Waals surface area contributed by atoms with Gasteiger partial charge in [-0.3, -0.25) is 10.1 Å². The molecule has 2 aromatic rings. The molecule has 0 radical (unpaired) electrons. The molecule has 2 heterocycles. The second-order valence-corrected chi connectivity index (χ2v) is 11.8. The van der Waals surface area contributed by atoms with Crippen molar-refractivity contribution in [1.29, 1.82) is 0 Å². The fourth-order valence-electron chi connectivity index (χ4n) is 7.01.